The predicted octanol–water partition coefficient (Wildman–Crippen LogP) is 4.16. The van der Waals surface area contributed by atoms with Gasteiger partial charge >= 0.3 is 0 Å². The van der Waals surface area contributed by atoms with Crippen LogP contribution in [0.1, 0.15) is 27.2 Å². The largest absolute Gasteiger partial charge is 0.354 e. The Balaban J connectivity index is 1.98. The molecule has 1 fully saturated rings. The van der Waals surface area contributed by atoms with Gasteiger partial charge in [-0.15, -0.1) is 10.2 Å². The highest BCUT2D eigenvalue weighted by Gasteiger charge is 2.33. The Labute approximate surface area is 124 Å². The average molecular weight is 290 g/mol. The molecule has 2 aromatic rings. The number of halogens is 1. The van der Waals surface area contributed by atoms with Gasteiger partial charge in [0.2, 0.25) is 0 Å². The number of aromatic nitrogens is 2. The molecule has 1 aromatic heterocycles. The molecule has 1 atom stereocenters. The maximum Gasteiger partial charge on any atom is 0.159 e. The molecule has 0 bridgehead atoms. The maximum atomic E-state index is 6.14. The number of anilines is 1. The summed E-state index contributed by atoms with van der Waals surface area (Å²) in [7, 11) is 0. The molecule has 0 radical (unpaired) electrons. The summed E-state index contributed by atoms with van der Waals surface area (Å²) in [5.41, 5.74) is 0.338. The smallest absolute Gasteiger partial charge is 0.159 e. The van der Waals surface area contributed by atoms with Gasteiger partial charge in [0.1, 0.15) is 0 Å². The molecule has 1 aromatic carbocycles. The third kappa shape index (κ3) is 2.35. The average Bonchev–Trinajstić information content (AvgIpc) is 2.89. The first-order valence-corrected chi connectivity index (χ1v) is 7.50. The molecule has 3 nitrogen and oxygen atoms in total. The van der Waals surface area contributed by atoms with Crippen molar-refractivity contribution in [2.45, 2.75) is 27.2 Å². The van der Waals surface area contributed by atoms with E-state index in [1.807, 2.05) is 18.2 Å². The first kappa shape index (κ1) is 13.6. The molecule has 0 saturated carbocycles. The molecule has 1 unspecified atom stereocenters. The van der Waals surface area contributed by atoms with Crippen molar-refractivity contribution in [3.63, 3.8) is 0 Å². The minimum Gasteiger partial charge on any atom is -0.354 e. The van der Waals surface area contributed by atoms with E-state index in [1.165, 1.54) is 6.42 Å². The van der Waals surface area contributed by atoms with Gasteiger partial charge in [-0.1, -0.05) is 56.6 Å². The van der Waals surface area contributed by atoms with Gasteiger partial charge in [0.25, 0.3) is 0 Å². The number of nitrogens with zero attached hydrogens (tertiary/aromatic N) is 3. The molecule has 106 valence electrons. The summed E-state index contributed by atoms with van der Waals surface area (Å²) in [5.74, 6) is 1.66. The van der Waals surface area contributed by atoms with E-state index in [-0.39, 0.29) is 0 Å². The summed E-state index contributed by atoms with van der Waals surface area (Å²) in [5, 5.41) is 11.0. The minimum atomic E-state index is 0.338. The summed E-state index contributed by atoms with van der Waals surface area (Å²) in [6, 6.07) is 8.10. The van der Waals surface area contributed by atoms with Crippen LogP contribution in [-0.2, 0) is 0 Å². The molecule has 0 amide bonds. The lowest BCUT2D eigenvalue weighted by molar-refractivity contribution is 0.263. The molecule has 1 aliphatic heterocycles. The molecule has 1 saturated heterocycles. The molecule has 20 heavy (non-hydrogen) atoms. The zero-order valence-electron chi connectivity index (χ0n) is 12.2. The predicted molar refractivity (Wildman–Crippen MR) is 84.3 cm³/mol. The van der Waals surface area contributed by atoms with Crippen LogP contribution in [0.5, 0.6) is 0 Å². The molecule has 0 aliphatic carbocycles. The quantitative estimate of drug-likeness (QED) is 0.789. The van der Waals surface area contributed by atoms with Gasteiger partial charge in [-0.25, -0.2) is 0 Å². The van der Waals surface area contributed by atoms with Crippen molar-refractivity contribution in [1.82, 2.24) is 10.2 Å². The third-order valence-corrected chi connectivity index (χ3v) is 4.61. The fourth-order valence-electron chi connectivity index (χ4n) is 2.95. The monoisotopic (exact) mass is 289 g/mol. The Morgan fingerprint density at radius 2 is 1.85 bits per heavy atom. The summed E-state index contributed by atoms with van der Waals surface area (Å²) in [6.45, 7) is 9.03. The summed E-state index contributed by atoms with van der Waals surface area (Å²) < 4.78 is 0. The maximum absolute atomic E-state index is 6.14. The van der Waals surface area contributed by atoms with Crippen LogP contribution in [0.3, 0.4) is 0 Å². The van der Waals surface area contributed by atoms with Gasteiger partial charge in [-0.05, 0) is 17.8 Å². The lowest BCUT2D eigenvalue weighted by Crippen LogP contribution is -2.26. The van der Waals surface area contributed by atoms with E-state index in [4.69, 9.17) is 11.6 Å². The molecule has 3 rings (SSSR count). The first-order valence-electron chi connectivity index (χ1n) is 7.12. The van der Waals surface area contributed by atoms with Crippen LogP contribution >= 0.6 is 11.6 Å². The highest BCUT2D eigenvalue weighted by Crippen LogP contribution is 2.37. The van der Waals surface area contributed by atoms with Gasteiger partial charge in [-0.3, -0.25) is 0 Å². The van der Waals surface area contributed by atoms with Gasteiger partial charge in [0, 0.05) is 23.9 Å². The normalized spacial score (nSPS) is 19.8. The fraction of sp³-hybridized carbons (Fsp3) is 0.500. The van der Waals surface area contributed by atoms with Crippen molar-refractivity contribution < 1.29 is 0 Å². The van der Waals surface area contributed by atoms with Crippen LogP contribution < -0.4 is 4.90 Å². The van der Waals surface area contributed by atoms with E-state index in [1.54, 1.807) is 0 Å². The molecular formula is C16H20ClN3. The molecule has 4 heteroatoms. The van der Waals surface area contributed by atoms with Crippen LogP contribution in [0.15, 0.2) is 24.3 Å². The highest BCUT2D eigenvalue weighted by atomic mass is 35.5. The second kappa shape index (κ2) is 4.88. The molecule has 0 N–H and O–H groups in total. The molecule has 0 spiro atoms. The Hall–Kier alpha value is -1.35. The third-order valence-electron chi connectivity index (χ3n) is 4.34. The van der Waals surface area contributed by atoms with Gasteiger partial charge < -0.3 is 4.90 Å². The Morgan fingerprint density at radius 1 is 1.15 bits per heavy atom. The van der Waals surface area contributed by atoms with Crippen molar-refractivity contribution in [3.05, 3.63) is 29.4 Å². The molecule has 1 aliphatic rings. The first-order chi connectivity index (χ1) is 9.47. The van der Waals surface area contributed by atoms with Crippen LogP contribution in [0.2, 0.25) is 5.15 Å². The number of rotatable bonds is 1. The summed E-state index contributed by atoms with van der Waals surface area (Å²) in [4.78, 5) is 2.35. The summed E-state index contributed by atoms with van der Waals surface area (Å²) in [6.07, 6.45) is 1.21. The van der Waals surface area contributed by atoms with E-state index < -0.39 is 0 Å². The summed E-state index contributed by atoms with van der Waals surface area (Å²) >= 11 is 6.14. The van der Waals surface area contributed by atoms with Crippen molar-refractivity contribution in [2.24, 2.45) is 11.3 Å². The topological polar surface area (TPSA) is 29.0 Å². The Bertz CT molecular complexity index is 633. The minimum absolute atomic E-state index is 0.338. The zero-order valence-corrected chi connectivity index (χ0v) is 13.0. The number of hydrogen-bond acceptors (Lipinski definition) is 3. The zero-order chi connectivity index (χ0) is 14.3. The lowest BCUT2D eigenvalue weighted by Gasteiger charge is -2.27. The fourth-order valence-corrected chi connectivity index (χ4v) is 3.15. The second-order valence-electron chi connectivity index (χ2n) is 6.66. The van der Waals surface area contributed by atoms with Crippen molar-refractivity contribution >= 4 is 28.2 Å². The van der Waals surface area contributed by atoms with Crippen molar-refractivity contribution in [1.29, 1.82) is 0 Å². The SMILES string of the molecule is CC(C)(C)C1CCN(c2nnc(Cl)c3ccccc23)C1. The van der Waals surface area contributed by atoms with Gasteiger partial charge in [-0.2, -0.15) is 0 Å². The number of fused-ring (bicyclic) bond motifs is 1. The molecular weight excluding hydrogens is 270 g/mol. The van der Waals surface area contributed by atoms with Crippen LogP contribution in [0, 0.1) is 11.3 Å². The van der Waals surface area contributed by atoms with E-state index >= 15 is 0 Å². The van der Waals surface area contributed by atoms with Crippen molar-refractivity contribution in [3.8, 4) is 0 Å². The van der Waals surface area contributed by atoms with Crippen molar-refractivity contribution in [2.75, 3.05) is 18.0 Å². The lowest BCUT2D eigenvalue weighted by atomic mass is 9.80. The Morgan fingerprint density at radius 3 is 2.50 bits per heavy atom. The van der Waals surface area contributed by atoms with Crippen LogP contribution in [-0.4, -0.2) is 23.3 Å². The second-order valence-corrected chi connectivity index (χ2v) is 7.02. The molecule has 2 heterocycles. The van der Waals surface area contributed by atoms with Crippen LogP contribution in [0.4, 0.5) is 5.82 Å². The van der Waals surface area contributed by atoms with E-state index in [0.717, 1.165) is 29.7 Å². The van der Waals surface area contributed by atoms with E-state index in [0.29, 0.717) is 16.5 Å². The Kier molecular flexibility index (Phi) is 3.33. The van der Waals surface area contributed by atoms with Gasteiger partial charge in [0.15, 0.2) is 11.0 Å². The number of hydrogen-bond donors (Lipinski definition) is 0. The van der Waals surface area contributed by atoms with Gasteiger partial charge in [0.05, 0.1) is 0 Å². The van der Waals surface area contributed by atoms with Crippen LogP contribution in [0.25, 0.3) is 10.8 Å². The van der Waals surface area contributed by atoms with E-state index in [2.05, 4.69) is 41.9 Å². The number of benzene rings is 1. The highest BCUT2D eigenvalue weighted by molar-refractivity contribution is 6.34. The van der Waals surface area contributed by atoms with E-state index in [9.17, 15) is 0 Å². The standard InChI is InChI=1S/C16H20ClN3/c1-16(2,3)11-8-9-20(10-11)15-13-7-5-4-6-12(13)14(17)18-19-15/h4-7,11H,8-10H2,1-3H3.